The lowest BCUT2D eigenvalue weighted by Gasteiger charge is -2.41. The topological polar surface area (TPSA) is 74.3 Å². The Hall–Kier alpha value is -0.963. The van der Waals surface area contributed by atoms with Crippen LogP contribution in [0.15, 0.2) is 0 Å². The van der Waals surface area contributed by atoms with Gasteiger partial charge in [0.15, 0.2) is 0 Å². The fraction of sp³-hybridized carbons (Fsp3) is 0.875. The zero-order valence-corrected chi connectivity index (χ0v) is 17.3. The normalized spacial score (nSPS) is 13.7. The summed E-state index contributed by atoms with van der Waals surface area (Å²) in [5, 5.41) is 1.37. The van der Waals surface area contributed by atoms with Gasteiger partial charge in [-0.15, -0.1) is 0 Å². The number of hydrogen-bond donors (Lipinski definition) is 0. The van der Waals surface area contributed by atoms with Gasteiger partial charge in [0.25, 0.3) is 0 Å². The van der Waals surface area contributed by atoms with E-state index in [0.29, 0.717) is 13.0 Å². The molecule has 0 aliphatic heterocycles. The highest BCUT2D eigenvalue weighted by atomic mass is 28.4. The molecular weight excluding hydrogens is 330 g/mol. The van der Waals surface area contributed by atoms with Crippen molar-refractivity contribution in [2.24, 2.45) is 0 Å². The molecular formula is C16H33NO6Si. The van der Waals surface area contributed by atoms with Crippen LogP contribution in [0.1, 0.15) is 47.0 Å². The molecule has 0 rings (SSSR count). The third-order valence-electron chi connectivity index (χ3n) is 4.22. The van der Waals surface area contributed by atoms with Crippen LogP contribution in [0.2, 0.25) is 18.1 Å². The van der Waals surface area contributed by atoms with Crippen molar-refractivity contribution in [3.05, 3.63) is 0 Å². The highest BCUT2D eigenvalue weighted by Gasteiger charge is 2.41. The Kier molecular flexibility index (Phi) is 9.72. The summed E-state index contributed by atoms with van der Waals surface area (Å²) in [7, 11) is 0.509. The Morgan fingerprint density at radius 1 is 1.08 bits per heavy atom. The average molecular weight is 364 g/mol. The quantitative estimate of drug-likeness (QED) is 0.335. The largest absolute Gasteiger partial charge is 0.469 e. The van der Waals surface area contributed by atoms with Gasteiger partial charge in [-0.25, -0.2) is 0 Å². The van der Waals surface area contributed by atoms with E-state index in [1.165, 1.54) is 19.4 Å². The maximum Gasteiger partial charge on any atom is 0.307 e. The van der Waals surface area contributed by atoms with Gasteiger partial charge in [-0.1, -0.05) is 26.0 Å². The molecule has 1 atom stereocenters. The minimum Gasteiger partial charge on any atom is -0.469 e. The monoisotopic (exact) mass is 363 g/mol. The molecule has 8 heteroatoms. The summed E-state index contributed by atoms with van der Waals surface area (Å²) in [4.78, 5) is 28.8. The van der Waals surface area contributed by atoms with Crippen LogP contribution in [-0.2, 0) is 28.4 Å². The molecule has 0 aromatic heterocycles. The van der Waals surface area contributed by atoms with Crippen molar-refractivity contribution in [2.75, 3.05) is 20.8 Å². The van der Waals surface area contributed by atoms with E-state index >= 15 is 0 Å². The number of hydroxylamine groups is 2. The van der Waals surface area contributed by atoms with Crippen molar-refractivity contribution in [2.45, 2.75) is 71.1 Å². The molecule has 0 saturated carbocycles. The predicted octanol–water partition coefficient (Wildman–Crippen LogP) is 3.06. The van der Waals surface area contributed by atoms with Gasteiger partial charge in [-0.2, -0.15) is 0 Å². The molecule has 0 N–H and O–H groups in total. The maximum atomic E-state index is 11.7. The van der Waals surface area contributed by atoms with Crippen molar-refractivity contribution >= 4 is 20.3 Å². The van der Waals surface area contributed by atoms with Crippen LogP contribution >= 0.6 is 0 Å². The smallest absolute Gasteiger partial charge is 0.307 e. The zero-order valence-electron chi connectivity index (χ0n) is 16.3. The molecule has 142 valence electrons. The lowest BCUT2D eigenvalue weighted by molar-refractivity contribution is -0.347. The van der Waals surface area contributed by atoms with Crippen molar-refractivity contribution in [1.29, 1.82) is 0 Å². The Morgan fingerprint density at radius 3 is 2.04 bits per heavy atom. The van der Waals surface area contributed by atoms with E-state index in [4.69, 9.17) is 14.1 Å². The summed E-state index contributed by atoms with van der Waals surface area (Å²) in [5.74, 6) is -0.720. The van der Waals surface area contributed by atoms with Crippen molar-refractivity contribution < 1.29 is 28.4 Å². The maximum absolute atomic E-state index is 11.7. The van der Waals surface area contributed by atoms with Crippen molar-refractivity contribution in [3.63, 3.8) is 0 Å². The minimum absolute atomic E-state index is 0.0273. The summed E-state index contributed by atoms with van der Waals surface area (Å²) in [5.41, 5.74) is 0. The number of carbonyl (C=O) groups is 2. The lowest BCUT2D eigenvalue weighted by Crippen LogP contribution is -2.50. The first kappa shape index (κ1) is 23.0. The van der Waals surface area contributed by atoms with E-state index in [-0.39, 0.29) is 29.8 Å². The molecule has 24 heavy (non-hydrogen) atoms. The molecule has 0 spiro atoms. The number of esters is 2. The van der Waals surface area contributed by atoms with E-state index in [1.807, 2.05) is 6.92 Å². The Bertz CT molecular complexity index is 408. The lowest BCUT2D eigenvalue weighted by atomic mass is 10.1. The highest BCUT2D eigenvalue weighted by Crippen LogP contribution is 2.38. The summed E-state index contributed by atoms with van der Waals surface area (Å²) < 4.78 is 15.6. The second kappa shape index (κ2) is 10.1. The van der Waals surface area contributed by atoms with Crippen LogP contribution in [0, 0.1) is 0 Å². The van der Waals surface area contributed by atoms with Gasteiger partial charge in [0.05, 0.1) is 33.3 Å². The third-order valence-corrected chi connectivity index (χ3v) is 8.47. The fourth-order valence-electron chi connectivity index (χ4n) is 1.64. The molecule has 0 bridgehead atoms. The number of rotatable bonds is 10. The summed E-state index contributed by atoms with van der Waals surface area (Å²) in [6, 6.07) is -0.425. The van der Waals surface area contributed by atoms with Crippen LogP contribution in [0.4, 0.5) is 0 Å². The van der Waals surface area contributed by atoms with E-state index in [0.717, 1.165) is 0 Å². The molecule has 0 radical (unpaired) electrons. The Morgan fingerprint density at radius 2 is 1.62 bits per heavy atom. The summed E-state index contributed by atoms with van der Waals surface area (Å²) >= 11 is 0. The molecule has 0 aliphatic rings. The highest BCUT2D eigenvalue weighted by molar-refractivity contribution is 6.74. The van der Waals surface area contributed by atoms with Crippen molar-refractivity contribution in [3.8, 4) is 0 Å². The number of ether oxygens (including phenoxy) is 2. The molecule has 0 heterocycles. The predicted molar refractivity (Wildman–Crippen MR) is 93.4 cm³/mol. The average Bonchev–Trinajstić information content (AvgIpc) is 2.48. The molecule has 7 nitrogen and oxygen atoms in total. The molecule has 0 amide bonds. The second-order valence-corrected chi connectivity index (χ2v) is 11.8. The standard InChI is InChI=1S/C16H33NO6Si/c1-9-22-17(23-24(7,8)16(2,3)4)13(12-15(19)21-6)10-11-14(18)20-5/h13H,9-12H2,1-8H3. The van der Waals surface area contributed by atoms with Crippen molar-refractivity contribution in [1.82, 2.24) is 5.23 Å². The Balaban J connectivity index is 5.27. The molecule has 0 saturated heterocycles. The SMILES string of the molecule is CCON(O[Si](C)(C)C(C)(C)C)C(CCC(=O)OC)CC(=O)OC. The number of hydrogen-bond acceptors (Lipinski definition) is 7. The fourth-order valence-corrected chi connectivity index (χ4v) is 2.57. The van der Waals surface area contributed by atoms with E-state index in [9.17, 15) is 9.59 Å². The van der Waals surface area contributed by atoms with Gasteiger partial charge in [-0.05, 0) is 31.5 Å². The molecule has 0 aromatic carbocycles. The first-order chi connectivity index (χ1) is 11.0. The zero-order chi connectivity index (χ0) is 19.0. The first-order valence-corrected chi connectivity index (χ1v) is 11.1. The van der Waals surface area contributed by atoms with Gasteiger partial charge in [-0.3, -0.25) is 14.4 Å². The summed E-state index contributed by atoms with van der Waals surface area (Å²) in [6.07, 6.45) is 0.612. The van der Waals surface area contributed by atoms with Crippen LogP contribution in [0.3, 0.4) is 0 Å². The van der Waals surface area contributed by atoms with E-state index in [1.54, 1.807) is 0 Å². The molecule has 0 fully saturated rings. The van der Waals surface area contributed by atoms with Crippen LogP contribution < -0.4 is 0 Å². The number of methoxy groups -OCH3 is 2. The van der Waals surface area contributed by atoms with Crippen LogP contribution in [0.25, 0.3) is 0 Å². The number of nitrogens with zero attached hydrogens (tertiary/aromatic N) is 1. The third kappa shape index (κ3) is 7.74. The van der Waals surface area contributed by atoms with Crippen LogP contribution in [-0.4, -0.2) is 52.4 Å². The minimum atomic E-state index is -2.16. The van der Waals surface area contributed by atoms with Gasteiger partial charge >= 0.3 is 11.9 Å². The van der Waals surface area contributed by atoms with Crippen LogP contribution in [0.5, 0.6) is 0 Å². The van der Waals surface area contributed by atoms with Gasteiger partial charge in [0, 0.05) is 6.42 Å². The molecule has 1 unspecified atom stereocenters. The number of carbonyl (C=O) groups excluding carboxylic acids is 2. The second-order valence-electron chi connectivity index (χ2n) is 7.10. The summed E-state index contributed by atoms with van der Waals surface area (Å²) in [6.45, 7) is 12.8. The molecule has 0 aliphatic carbocycles. The van der Waals surface area contributed by atoms with E-state index < -0.39 is 14.4 Å². The van der Waals surface area contributed by atoms with E-state index in [2.05, 4.69) is 38.6 Å². The molecule has 0 aromatic rings. The Labute approximate surface area is 146 Å². The first-order valence-electron chi connectivity index (χ1n) is 8.23. The van der Waals surface area contributed by atoms with Gasteiger partial charge in [0.2, 0.25) is 8.32 Å². The van der Waals surface area contributed by atoms with Gasteiger partial charge < -0.3 is 14.0 Å². The van der Waals surface area contributed by atoms with Gasteiger partial charge in [0.1, 0.15) is 0 Å².